The monoisotopic (exact) mass is 449 g/mol. The second-order valence-corrected chi connectivity index (χ2v) is 6.86. The fourth-order valence-corrected chi connectivity index (χ4v) is 3.37. The number of ether oxygens (including phenoxy) is 2. The number of ketones is 1. The van der Waals surface area contributed by atoms with Gasteiger partial charge in [-0.2, -0.15) is 0 Å². The minimum atomic E-state index is 0. The summed E-state index contributed by atoms with van der Waals surface area (Å²) >= 11 is 1.50. The summed E-state index contributed by atoms with van der Waals surface area (Å²) in [6, 6.07) is 13.1. The molecule has 1 aromatic heterocycles. The van der Waals surface area contributed by atoms with Crippen LogP contribution in [0.15, 0.2) is 42.5 Å². The van der Waals surface area contributed by atoms with E-state index in [0.717, 1.165) is 34.6 Å². The summed E-state index contributed by atoms with van der Waals surface area (Å²) in [6.45, 7) is 3.02. The van der Waals surface area contributed by atoms with Gasteiger partial charge in [0.2, 0.25) is 0 Å². The first kappa shape index (κ1) is 21.2. The summed E-state index contributed by atoms with van der Waals surface area (Å²) in [5, 5.41) is 3.82. The predicted molar refractivity (Wildman–Crippen MR) is 106 cm³/mol. The Morgan fingerprint density at radius 3 is 2.67 bits per heavy atom. The summed E-state index contributed by atoms with van der Waals surface area (Å²) < 4.78 is 12.0. The lowest BCUT2D eigenvalue weighted by Gasteiger charge is -2.06. The lowest BCUT2D eigenvalue weighted by molar-refractivity contribution is -0.0000137. The number of anilines is 1. The number of hydrogen-bond donors (Lipinski definition) is 1. The second kappa shape index (κ2) is 10.3. The van der Waals surface area contributed by atoms with Crippen LogP contribution in [0.4, 0.5) is 5.13 Å². The molecule has 3 aromatic rings. The van der Waals surface area contributed by atoms with E-state index in [4.69, 9.17) is 9.47 Å². The molecule has 0 atom stereocenters. The highest BCUT2D eigenvalue weighted by Crippen LogP contribution is 2.32. The van der Waals surface area contributed by atoms with Crippen molar-refractivity contribution in [2.75, 3.05) is 25.6 Å². The Hall–Kier alpha value is -2.12. The van der Waals surface area contributed by atoms with Gasteiger partial charge in [0.25, 0.3) is 0 Å². The lowest BCUT2D eigenvalue weighted by Crippen LogP contribution is -3.00. The van der Waals surface area contributed by atoms with E-state index >= 15 is 0 Å². The summed E-state index contributed by atoms with van der Waals surface area (Å²) in [7, 11) is 1.63. The van der Waals surface area contributed by atoms with Gasteiger partial charge >= 0.3 is 0 Å². The van der Waals surface area contributed by atoms with Gasteiger partial charge in [0.1, 0.15) is 17.0 Å². The van der Waals surface area contributed by atoms with Crippen LogP contribution in [0.3, 0.4) is 0 Å². The number of hydrogen-bond acceptors (Lipinski definition) is 6. The highest BCUT2D eigenvalue weighted by Gasteiger charge is 2.11. The molecular weight excluding hydrogens is 428 g/mol. The number of halogens is 1. The molecule has 27 heavy (non-hydrogen) atoms. The highest BCUT2D eigenvalue weighted by molar-refractivity contribution is 7.22. The Labute approximate surface area is 173 Å². The Morgan fingerprint density at radius 1 is 1.19 bits per heavy atom. The highest BCUT2D eigenvalue weighted by atomic mass is 79.9. The molecule has 1 N–H and O–H groups in total. The number of aromatic nitrogens is 1. The molecule has 2 aromatic carbocycles. The van der Waals surface area contributed by atoms with Crippen molar-refractivity contribution >= 4 is 32.5 Å². The van der Waals surface area contributed by atoms with Gasteiger partial charge in [0.15, 0.2) is 10.9 Å². The quantitative estimate of drug-likeness (QED) is 0.398. The van der Waals surface area contributed by atoms with Crippen LogP contribution in [0.25, 0.3) is 10.2 Å². The molecule has 0 bridgehead atoms. The average molecular weight is 450 g/mol. The Kier molecular flexibility index (Phi) is 8.06. The Bertz CT molecular complexity index is 881. The molecule has 1 heterocycles. The fourth-order valence-electron chi connectivity index (χ4n) is 2.49. The minimum Gasteiger partial charge on any atom is -1.00 e. The van der Waals surface area contributed by atoms with Crippen molar-refractivity contribution in [2.45, 2.75) is 19.8 Å². The van der Waals surface area contributed by atoms with E-state index < -0.39 is 0 Å². The van der Waals surface area contributed by atoms with Gasteiger partial charge in [0, 0.05) is 5.56 Å². The number of unbranched alkanes of at least 4 members (excludes halogenated alkanes) is 1. The SMILES string of the molecule is CCCCOc1ccc(C(=O)CNc2nc3c(OC)cccc3s2)cc1.[Br-]. The number of methoxy groups -OCH3 is 1. The first-order chi connectivity index (χ1) is 12.7. The number of Topliss-reactive ketones (excluding diaryl/α,β-unsaturated/α-hetero) is 1. The molecule has 7 heteroatoms. The van der Waals surface area contributed by atoms with E-state index in [0.29, 0.717) is 17.3 Å². The summed E-state index contributed by atoms with van der Waals surface area (Å²) in [5.41, 5.74) is 1.46. The first-order valence-electron chi connectivity index (χ1n) is 8.64. The number of rotatable bonds is 9. The lowest BCUT2D eigenvalue weighted by atomic mass is 10.1. The van der Waals surface area contributed by atoms with Gasteiger partial charge in [-0.15, -0.1) is 0 Å². The van der Waals surface area contributed by atoms with E-state index in [1.807, 2.05) is 30.3 Å². The van der Waals surface area contributed by atoms with E-state index in [-0.39, 0.29) is 29.3 Å². The molecule has 0 aliphatic carbocycles. The third-order valence-electron chi connectivity index (χ3n) is 3.94. The molecule has 3 rings (SSSR count). The van der Waals surface area contributed by atoms with Gasteiger partial charge in [0.05, 0.1) is 25.0 Å². The summed E-state index contributed by atoms with van der Waals surface area (Å²) in [4.78, 5) is 16.9. The topological polar surface area (TPSA) is 60.5 Å². The van der Waals surface area contributed by atoms with Gasteiger partial charge in [-0.3, -0.25) is 4.79 Å². The zero-order chi connectivity index (χ0) is 18.4. The number of thiazole rings is 1. The van der Waals surface area contributed by atoms with Crippen LogP contribution in [-0.4, -0.2) is 31.0 Å². The first-order valence-corrected chi connectivity index (χ1v) is 9.46. The number of nitrogens with one attached hydrogen (secondary N) is 1. The Morgan fingerprint density at radius 2 is 1.96 bits per heavy atom. The maximum Gasteiger partial charge on any atom is 0.184 e. The molecule has 0 aliphatic heterocycles. The van der Waals surface area contributed by atoms with Crippen LogP contribution in [0, 0.1) is 0 Å². The van der Waals surface area contributed by atoms with E-state index in [2.05, 4.69) is 17.2 Å². The molecule has 0 saturated heterocycles. The molecule has 0 aliphatic rings. The van der Waals surface area contributed by atoms with E-state index in [1.165, 1.54) is 11.3 Å². The number of carbonyl (C=O) groups excluding carboxylic acids is 1. The van der Waals surface area contributed by atoms with E-state index in [1.54, 1.807) is 19.2 Å². The number of benzene rings is 2. The summed E-state index contributed by atoms with van der Waals surface area (Å²) in [6.07, 6.45) is 2.12. The number of carbonyl (C=O) groups is 1. The molecular formula is C20H22BrN2O3S-. The summed E-state index contributed by atoms with van der Waals surface area (Å²) in [5.74, 6) is 1.54. The third-order valence-corrected chi connectivity index (χ3v) is 4.92. The van der Waals surface area contributed by atoms with Crippen molar-refractivity contribution in [3.63, 3.8) is 0 Å². The largest absolute Gasteiger partial charge is 1.00 e. The molecule has 0 fully saturated rings. The van der Waals surface area contributed by atoms with Crippen molar-refractivity contribution in [1.82, 2.24) is 4.98 Å². The number of fused-ring (bicyclic) bond motifs is 1. The van der Waals surface area contributed by atoms with Gasteiger partial charge in [-0.05, 0) is 42.8 Å². The van der Waals surface area contributed by atoms with E-state index in [9.17, 15) is 4.79 Å². The van der Waals surface area contributed by atoms with Crippen LogP contribution in [-0.2, 0) is 0 Å². The van der Waals surface area contributed by atoms with Crippen molar-refractivity contribution in [3.8, 4) is 11.5 Å². The third kappa shape index (κ3) is 5.43. The minimum absolute atomic E-state index is 0. The maximum atomic E-state index is 12.4. The van der Waals surface area contributed by atoms with Crippen LogP contribution >= 0.6 is 11.3 Å². The van der Waals surface area contributed by atoms with Crippen molar-refractivity contribution in [2.24, 2.45) is 0 Å². The molecule has 0 spiro atoms. The molecule has 0 radical (unpaired) electrons. The predicted octanol–water partition coefficient (Wildman–Crippen LogP) is 1.78. The standard InChI is InChI=1S/C20H22N2O3S.BrH/c1-3-4-12-25-15-10-8-14(9-11-15)16(23)13-21-20-22-19-17(24-2)6-5-7-18(19)26-20;/h5-11H,3-4,12-13H2,1-2H3,(H,21,22);1H/p-1. The van der Waals surface area contributed by atoms with Gasteiger partial charge in [-0.25, -0.2) is 4.98 Å². The molecule has 5 nitrogen and oxygen atoms in total. The molecule has 0 unspecified atom stereocenters. The zero-order valence-electron chi connectivity index (χ0n) is 15.3. The van der Waals surface area contributed by atoms with Crippen molar-refractivity contribution in [1.29, 1.82) is 0 Å². The Balaban J connectivity index is 0.00000261. The van der Waals surface area contributed by atoms with Crippen LogP contribution in [0.2, 0.25) is 0 Å². The fraction of sp³-hybridized carbons (Fsp3) is 0.300. The van der Waals surface area contributed by atoms with Crippen molar-refractivity contribution in [3.05, 3.63) is 48.0 Å². The zero-order valence-corrected chi connectivity index (χ0v) is 17.7. The molecule has 144 valence electrons. The van der Waals surface area contributed by atoms with Gasteiger partial charge in [-0.1, -0.05) is 30.7 Å². The van der Waals surface area contributed by atoms with Crippen LogP contribution in [0.5, 0.6) is 11.5 Å². The number of para-hydroxylation sites is 1. The molecule has 0 saturated carbocycles. The average Bonchev–Trinajstić information content (AvgIpc) is 3.10. The maximum absolute atomic E-state index is 12.4. The van der Waals surface area contributed by atoms with Crippen molar-refractivity contribution < 1.29 is 31.2 Å². The smallest absolute Gasteiger partial charge is 0.184 e. The second-order valence-electron chi connectivity index (χ2n) is 5.83. The normalized spacial score (nSPS) is 10.3. The number of nitrogens with zero attached hydrogens (tertiary/aromatic N) is 1. The molecule has 0 amide bonds. The van der Waals surface area contributed by atoms with Crippen LogP contribution in [0.1, 0.15) is 30.1 Å². The van der Waals surface area contributed by atoms with Gasteiger partial charge < -0.3 is 31.8 Å². The van der Waals surface area contributed by atoms with Crippen LogP contribution < -0.4 is 31.8 Å².